The van der Waals surface area contributed by atoms with Crippen LogP contribution in [0, 0.1) is 0 Å². The third-order valence-corrected chi connectivity index (χ3v) is 5.54. The minimum Gasteiger partial charge on any atom is -0.352 e. The third-order valence-electron chi connectivity index (χ3n) is 5.28. The number of hydrogen-bond donors (Lipinski definition) is 2. The van der Waals surface area contributed by atoms with Gasteiger partial charge in [-0.3, -0.25) is 9.59 Å². The predicted molar refractivity (Wildman–Crippen MR) is 124 cm³/mol. The summed E-state index contributed by atoms with van der Waals surface area (Å²) in [5.41, 5.74) is 3.43. The average Bonchev–Trinajstić information content (AvgIpc) is 3.24. The smallest absolute Gasteiger partial charge is 0.281 e. The van der Waals surface area contributed by atoms with E-state index < -0.39 is 0 Å². The number of aromatic amines is 1. The SMILES string of the molecule is O=C(NCCc1ccccc1)c1ccc2c(=O)nc3c(-c4ccc(Cl)cc4)n[nH]n3c2c1. The van der Waals surface area contributed by atoms with Crippen molar-refractivity contribution in [2.24, 2.45) is 0 Å². The molecule has 0 fully saturated rings. The minimum absolute atomic E-state index is 0.210. The number of hydrogen-bond acceptors (Lipinski definition) is 4. The molecule has 5 rings (SSSR count). The summed E-state index contributed by atoms with van der Waals surface area (Å²) < 4.78 is 1.61. The number of carbonyl (C=O) groups excluding carboxylic acids is 1. The summed E-state index contributed by atoms with van der Waals surface area (Å²) in [7, 11) is 0. The maximum Gasteiger partial charge on any atom is 0.281 e. The van der Waals surface area contributed by atoms with Crippen LogP contribution >= 0.6 is 11.6 Å². The standard InChI is InChI=1S/C24H18ClN5O2/c25-18-9-6-16(7-10-18)21-22-27-24(32)19-11-8-17(14-20(19)30(22)29-28-21)23(31)26-13-12-15-4-2-1-3-5-15/h1-11,14,29H,12-13H2,(H,26,31). The Morgan fingerprint density at radius 3 is 2.59 bits per heavy atom. The van der Waals surface area contributed by atoms with Gasteiger partial charge in [-0.25, -0.2) is 9.73 Å². The number of rotatable bonds is 5. The highest BCUT2D eigenvalue weighted by Gasteiger charge is 2.15. The zero-order chi connectivity index (χ0) is 22.1. The molecule has 2 aromatic heterocycles. The summed E-state index contributed by atoms with van der Waals surface area (Å²) in [6.45, 7) is 0.511. The molecule has 0 spiro atoms. The zero-order valence-corrected chi connectivity index (χ0v) is 17.6. The normalized spacial score (nSPS) is 11.2. The Morgan fingerprint density at radius 2 is 1.81 bits per heavy atom. The van der Waals surface area contributed by atoms with Gasteiger partial charge in [-0.05, 0) is 42.3 Å². The molecule has 0 radical (unpaired) electrons. The van der Waals surface area contributed by atoms with E-state index in [4.69, 9.17) is 11.6 Å². The Bertz CT molecular complexity index is 1490. The van der Waals surface area contributed by atoms with Crippen molar-refractivity contribution in [3.63, 3.8) is 0 Å². The fourth-order valence-electron chi connectivity index (χ4n) is 3.64. The molecule has 32 heavy (non-hydrogen) atoms. The number of amides is 1. The van der Waals surface area contributed by atoms with Gasteiger partial charge in [0.1, 0.15) is 5.69 Å². The number of H-pyrrole nitrogens is 1. The van der Waals surface area contributed by atoms with Crippen LogP contribution in [0.5, 0.6) is 0 Å². The number of nitrogens with one attached hydrogen (secondary N) is 2. The van der Waals surface area contributed by atoms with Gasteiger partial charge in [0.05, 0.1) is 10.9 Å². The molecule has 0 saturated heterocycles. The van der Waals surface area contributed by atoms with Crippen molar-refractivity contribution in [1.82, 2.24) is 25.1 Å². The second kappa shape index (κ2) is 8.28. The van der Waals surface area contributed by atoms with Gasteiger partial charge in [0.2, 0.25) is 0 Å². The Balaban J connectivity index is 1.48. The van der Waals surface area contributed by atoms with Gasteiger partial charge >= 0.3 is 0 Å². The number of nitrogens with zero attached hydrogens (tertiary/aromatic N) is 3. The topological polar surface area (TPSA) is 92.2 Å². The van der Waals surface area contributed by atoms with Crippen molar-refractivity contribution >= 4 is 34.1 Å². The molecule has 5 aromatic rings. The number of carbonyl (C=O) groups is 1. The minimum atomic E-state index is -0.382. The molecule has 0 aliphatic heterocycles. The summed E-state index contributed by atoms with van der Waals surface area (Å²) in [5, 5.41) is 11.2. The molecule has 158 valence electrons. The first kappa shape index (κ1) is 20.0. The first-order valence-electron chi connectivity index (χ1n) is 10.1. The number of halogens is 1. The molecular formula is C24H18ClN5O2. The molecule has 0 aliphatic carbocycles. The number of fused-ring (bicyclic) bond motifs is 3. The molecule has 0 aliphatic rings. The number of benzene rings is 3. The Kier molecular flexibility index (Phi) is 5.17. The third kappa shape index (κ3) is 3.74. The van der Waals surface area contributed by atoms with Crippen LogP contribution in [0.25, 0.3) is 27.8 Å². The lowest BCUT2D eigenvalue weighted by atomic mass is 10.1. The van der Waals surface area contributed by atoms with E-state index in [1.54, 1.807) is 34.8 Å². The molecule has 2 N–H and O–H groups in total. The summed E-state index contributed by atoms with van der Waals surface area (Å²) in [6, 6.07) is 22.0. The fourth-order valence-corrected chi connectivity index (χ4v) is 3.76. The molecule has 0 unspecified atom stereocenters. The van der Waals surface area contributed by atoms with E-state index in [0.717, 1.165) is 17.5 Å². The number of aromatic nitrogens is 4. The van der Waals surface area contributed by atoms with Gasteiger partial charge in [-0.1, -0.05) is 54.1 Å². The average molecular weight is 444 g/mol. The molecule has 0 saturated carbocycles. The van der Waals surface area contributed by atoms with Crippen LogP contribution in [0.15, 0.2) is 77.6 Å². The van der Waals surface area contributed by atoms with Crippen LogP contribution in [0.4, 0.5) is 0 Å². The molecule has 2 heterocycles. The largest absolute Gasteiger partial charge is 0.352 e. The fraction of sp³-hybridized carbons (Fsp3) is 0.0833. The summed E-state index contributed by atoms with van der Waals surface area (Å²) in [6.07, 6.45) is 0.735. The van der Waals surface area contributed by atoms with Crippen LogP contribution in [0.1, 0.15) is 15.9 Å². The Hall–Kier alpha value is -3.97. The zero-order valence-electron chi connectivity index (χ0n) is 16.9. The van der Waals surface area contributed by atoms with Gasteiger partial charge in [-0.15, -0.1) is 0 Å². The summed E-state index contributed by atoms with van der Waals surface area (Å²) in [4.78, 5) is 29.6. The van der Waals surface area contributed by atoms with Crippen molar-refractivity contribution in [1.29, 1.82) is 0 Å². The van der Waals surface area contributed by atoms with Crippen molar-refractivity contribution in [3.05, 3.63) is 99.3 Å². The Labute approximate surface area is 187 Å². The van der Waals surface area contributed by atoms with Crippen LogP contribution in [-0.2, 0) is 6.42 Å². The van der Waals surface area contributed by atoms with E-state index in [1.165, 1.54) is 0 Å². The van der Waals surface area contributed by atoms with Crippen molar-refractivity contribution in [2.75, 3.05) is 6.54 Å². The Morgan fingerprint density at radius 1 is 1.03 bits per heavy atom. The van der Waals surface area contributed by atoms with E-state index in [9.17, 15) is 9.59 Å². The molecule has 0 atom stereocenters. The van der Waals surface area contributed by atoms with Crippen molar-refractivity contribution in [3.8, 4) is 11.3 Å². The lowest BCUT2D eigenvalue weighted by Crippen LogP contribution is -2.25. The van der Waals surface area contributed by atoms with E-state index >= 15 is 0 Å². The maximum absolute atomic E-state index is 12.7. The predicted octanol–water partition coefficient (Wildman–Crippen LogP) is 3.86. The lowest BCUT2D eigenvalue weighted by Gasteiger charge is -2.07. The van der Waals surface area contributed by atoms with Gasteiger partial charge in [0.15, 0.2) is 5.65 Å². The van der Waals surface area contributed by atoms with Gasteiger partial charge < -0.3 is 5.32 Å². The van der Waals surface area contributed by atoms with Crippen LogP contribution in [0.2, 0.25) is 5.02 Å². The van der Waals surface area contributed by atoms with E-state index in [0.29, 0.717) is 39.4 Å². The molecule has 3 aromatic carbocycles. The van der Waals surface area contributed by atoms with Gasteiger partial charge in [0.25, 0.3) is 11.5 Å². The first-order chi connectivity index (χ1) is 15.6. The first-order valence-corrected chi connectivity index (χ1v) is 10.5. The second-order valence-corrected chi connectivity index (χ2v) is 7.80. The molecule has 8 heteroatoms. The molecule has 7 nitrogen and oxygen atoms in total. The maximum atomic E-state index is 12.7. The van der Waals surface area contributed by atoms with Crippen molar-refractivity contribution in [2.45, 2.75) is 6.42 Å². The highest BCUT2D eigenvalue weighted by molar-refractivity contribution is 6.30. The van der Waals surface area contributed by atoms with Gasteiger partial charge in [0, 0.05) is 22.7 Å². The van der Waals surface area contributed by atoms with E-state index in [2.05, 4.69) is 20.6 Å². The van der Waals surface area contributed by atoms with E-state index in [1.807, 2.05) is 42.5 Å². The van der Waals surface area contributed by atoms with Crippen molar-refractivity contribution < 1.29 is 4.79 Å². The van der Waals surface area contributed by atoms with Crippen LogP contribution in [0.3, 0.4) is 0 Å². The molecule has 1 amide bonds. The van der Waals surface area contributed by atoms with E-state index in [-0.39, 0.29) is 11.5 Å². The highest BCUT2D eigenvalue weighted by atomic mass is 35.5. The quantitative estimate of drug-likeness (QED) is 0.431. The monoisotopic (exact) mass is 443 g/mol. The van der Waals surface area contributed by atoms with Gasteiger partial charge in [-0.2, -0.15) is 10.1 Å². The lowest BCUT2D eigenvalue weighted by molar-refractivity contribution is 0.0954. The summed E-state index contributed by atoms with van der Waals surface area (Å²) >= 11 is 5.98. The van der Waals surface area contributed by atoms with Crippen LogP contribution in [-0.4, -0.2) is 32.3 Å². The van der Waals surface area contributed by atoms with Crippen LogP contribution < -0.4 is 10.9 Å². The highest BCUT2D eigenvalue weighted by Crippen LogP contribution is 2.24. The second-order valence-electron chi connectivity index (χ2n) is 7.37. The molecular weight excluding hydrogens is 426 g/mol. The molecule has 0 bridgehead atoms. The summed E-state index contributed by atoms with van der Waals surface area (Å²) in [5.74, 6) is -0.210.